The third-order valence-electron chi connectivity index (χ3n) is 5.48. The Balaban J connectivity index is 1.80. The molecule has 1 amide bonds. The molecule has 3 rings (SSSR count). The molecule has 0 N–H and O–H groups in total. The lowest BCUT2D eigenvalue weighted by molar-refractivity contribution is -0.130. The molecular formula is C23H32N2O2S. The van der Waals surface area contributed by atoms with Crippen molar-refractivity contribution in [1.29, 1.82) is 0 Å². The lowest BCUT2D eigenvalue weighted by Crippen LogP contribution is -2.38. The number of thiophene rings is 1. The van der Waals surface area contributed by atoms with E-state index in [-0.39, 0.29) is 5.91 Å². The van der Waals surface area contributed by atoms with Crippen LogP contribution in [0.3, 0.4) is 0 Å². The number of rotatable bonds is 8. The van der Waals surface area contributed by atoms with Gasteiger partial charge in [-0.3, -0.25) is 9.69 Å². The maximum absolute atomic E-state index is 12.2. The molecule has 2 atom stereocenters. The fraction of sp³-hybridized carbons (Fsp3) is 0.522. The smallest absolute Gasteiger partial charge is 0.219 e. The van der Waals surface area contributed by atoms with Crippen LogP contribution in [-0.2, 0) is 11.3 Å². The van der Waals surface area contributed by atoms with Crippen LogP contribution in [0, 0.1) is 11.8 Å². The Bertz CT molecular complexity index is 760. The first kappa shape index (κ1) is 20.9. The summed E-state index contributed by atoms with van der Waals surface area (Å²) >= 11 is 1.82. The quantitative estimate of drug-likeness (QED) is 0.655. The zero-order chi connectivity index (χ0) is 20.1. The van der Waals surface area contributed by atoms with E-state index in [1.54, 1.807) is 14.0 Å². The molecule has 0 radical (unpaired) electrons. The zero-order valence-electron chi connectivity index (χ0n) is 17.4. The lowest BCUT2D eigenvalue weighted by atomic mass is 9.88. The highest BCUT2D eigenvalue weighted by atomic mass is 32.1. The van der Waals surface area contributed by atoms with E-state index in [0.29, 0.717) is 17.8 Å². The van der Waals surface area contributed by atoms with Crippen LogP contribution < -0.4 is 4.74 Å². The van der Waals surface area contributed by atoms with Gasteiger partial charge in [0.2, 0.25) is 5.91 Å². The minimum Gasteiger partial charge on any atom is -0.497 e. The fourth-order valence-corrected chi connectivity index (χ4v) is 4.95. The Labute approximate surface area is 173 Å². The molecule has 0 saturated carbocycles. The first-order chi connectivity index (χ1) is 13.5. The van der Waals surface area contributed by atoms with E-state index in [9.17, 15) is 4.79 Å². The van der Waals surface area contributed by atoms with Crippen molar-refractivity contribution >= 4 is 17.2 Å². The first-order valence-electron chi connectivity index (χ1n) is 10.1. The van der Waals surface area contributed by atoms with Crippen molar-refractivity contribution in [2.24, 2.45) is 11.8 Å². The van der Waals surface area contributed by atoms with E-state index in [0.717, 1.165) is 38.5 Å². The molecule has 0 aliphatic carbocycles. The number of likely N-dealkylation sites (tertiary alicyclic amines) is 1. The highest BCUT2D eigenvalue weighted by molar-refractivity contribution is 7.09. The number of methoxy groups -OCH3 is 1. The number of ether oxygens (including phenoxy) is 1. The van der Waals surface area contributed by atoms with Gasteiger partial charge in [0.25, 0.3) is 0 Å². The van der Waals surface area contributed by atoms with Gasteiger partial charge in [-0.25, -0.2) is 0 Å². The van der Waals surface area contributed by atoms with Crippen LogP contribution in [0.2, 0.25) is 0 Å². The number of nitrogens with zero attached hydrogens (tertiary/aromatic N) is 2. The predicted molar refractivity (Wildman–Crippen MR) is 116 cm³/mol. The molecule has 1 aliphatic rings. The Hall–Kier alpha value is -1.85. The molecule has 4 nitrogen and oxygen atoms in total. The highest BCUT2D eigenvalue weighted by Crippen LogP contribution is 2.36. The van der Waals surface area contributed by atoms with Gasteiger partial charge < -0.3 is 9.64 Å². The molecule has 28 heavy (non-hydrogen) atoms. The minimum atomic E-state index is 0.176. The van der Waals surface area contributed by atoms with Crippen LogP contribution in [0.5, 0.6) is 5.75 Å². The number of carbonyl (C=O) groups excluding carboxylic acids is 1. The van der Waals surface area contributed by atoms with E-state index < -0.39 is 0 Å². The fourth-order valence-electron chi connectivity index (χ4n) is 4.20. The second kappa shape index (κ2) is 9.57. The summed E-state index contributed by atoms with van der Waals surface area (Å²) in [6.07, 6.45) is 0. The van der Waals surface area contributed by atoms with Crippen molar-refractivity contribution in [2.75, 3.05) is 33.3 Å². The zero-order valence-corrected chi connectivity index (χ0v) is 18.2. The predicted octanol–water partition coefficient (Wildman–Crippen LogP) is 4.48. The van der Waals surface area contributed by atoms with Gasteiger partial charge in [-0.2, -0.15) is 0 Å². The summed E-state index contributed by atoms with van der Waals surface area (Å²) in [5.74, 6) is 2.38. The number of benzene rings is 1. The van der Waals surface area contributed by atoms with Crippen LogP contribution in [-0.4, -0.2) is 49.0 Å². The monoisotopic (exact) mass is 400 g/mol. The van der Waals surface area contributed by atoms with Crippen LogP contribution in [0.4, 0.5) is 0 Å². The SMILES string of the molecule is COc1cccc([C@H]2CN(Cc3cccs3)C[C@H]2CN(CC(C)C)C(C)=O)c1. The molecule has 1 aromatic carbocycles. The van der Waals surface area contributed by atoms with Gasteiger partial charge in [0.1, 0.15) is 5.75 Å². The summed E-state index contributed by atoms with van der Waals surface area (Å²) in [5, 5.41) is 2.14. The molecule has 1 aliphatic heterocycles. The molecule has 2 heterocycles. The van der Waals surface area contributed by atoms with E-state index >= 15 is 0 Å². The van der Waals surface area contributed by atoms with Crippen molar-refractivity contribution in [3.05, 3.63) is 52.2 Å². The summed E-state index contributed by atoms with van der Waals surface area (Å²) in [7, 11) is 1.72. The third-order valence-corrected chi connectivity index (χ3v) is 6.35. The second-order valence-corrected chi connectivity index (χ2v) is 9.27. The first-order valence-corrected chi connectivity index (χ1v) is 11.0. The Morgan fingerprint density at radius 1 is 1.29 bits per heavy atom. The maximum Gasteiger partial charge on any atom is 0.219 e. The van der Waals surface area contributed by atoms with E-state index in [2.05, 4.69) is 54.5 Å². The average Bonchev–Trinajstić information content (AvgIpc) is 3.31. The second-order valence-electron chi connectivity index (χ2n) is 8.23. The Morgan fingerprint density at radius 3 is 2.75 bits per heavy atom. The van der Waals surface area contributed by atoms with Crippen molar-refractivity contribution in [1.82, 2.24) is 9.80 Å². The molecule has 1 saturated heterocycles. The standard InChI is InChI=1S/C23H32N2O2S/c1-17(2)12-25(18(3)26)14-20-13-24(15-22-9-6-10-28-22)16-23(20)19-7-5-8-21(11-19)27-4/h5-11,17,20,23H,12-16H2,1-4H3/t20-,23+/m0/s1. The number of carbonyl (C=O) groups is 1. The van der Waals surface area contributed by atoms with Gasteiger partial charge in [0.05, 0.1) is 7.11 Å². The average molecular weight is 401 g/mol. The van der Waals surface area contributed by atoms with Crippen molar-refractivity contribution in [3.8, 4) is 5.75 Å². The normalized spacial score (nSPS) is 19.9. The number of amides is 1. The summed E-state index contributed by atoms with van der Waals surface area (Å²) < 4.78 is 5.46. The van der Waals surface area contributed by atoms with Crippen molar-refractivity contribution < 1.29 is 9.53 Å². The van der Waals surface area contributed by atoms with Crippen molar-refractivity contribution in [3.63, 3.8) is 0 Å². The molecule has 5 heteroatoms. The van der Waals surface area contributed by atoms with Gasteiger partial charge >= 0.3 is 0 Å². The topological polar surface area (TPSA) is 32.8 Å². The van der Waals surface area contributed by atoms with E-state index in [4.69, 9.17) is 4.74 Å². The maximum atomic E-state index is 12.2. The third kappa shape index (κ3) is 5.36. The molecule has 1 aromatic heterocycles. The van der Waals surface area contributed by atoms with Crippen LogP contribution in [0.1, 0.15) is 37.1 Å². The highest BCUT2D eigenvalue weighted by Gasteiger charge is 2.35. The molecule has 152 valence electrons. The molecule has 1 fully saturated rings. The largest absolute Gasteiger partial charge is 0.497 e. The number of hydrogen-bond donors (Lipinski definition) is 0. The van der Waals surface area contributed by atoms with Gasteiger partial charge in [-0.1, -0.05) is 32.0 Å². The summed E-state index contributed by atoms with van der Waals surface area (Å²) in [5.41, 5.74) is 1.31. The molecule has 0 unspecified atom stereocenters. The Morgan fingerprint density at radius 2 is 2.11 bits per heavy atom. The van der Waals surface area contributed by atoms with Gasteiger partial charge in [-0.15, -0.1) is 11.3 Å². The molecule has 0 spiro atoms. The van der Waals surface area contributed by atoms with E-state index in [1.165, 1.54) is 10.4 Å². The molecule has 2 aromatic rings. The van der Waals surface area contributed by atoms with Crippen LogP contribution in [0.15, 0.2) is 41.8 Å². The molecular weight excluding hydrogens is 368 g/mol. The minimum absolute atomic E-state index is 0.176. The van der Waals surface area contributed by atoms with Gasteiger partial charge in [0, 0.05) is 50.4 Å². The lowest BCUT2D eigenvalue weighted by Gasteiger charge is -2.29. The summed E-state index contributed by atoms with van der Waals surface area (Å²) in [6, 6.07) is 12.8. The molecule has 0 bridgehead atoms. The summed E-state index contributed by atoms with van der Waals surface area (Å²) in [6.45, 7) is 10.7. The summed E-state index contributed by atoms with van der Waals surface area (Å²) in [4.78, 5) is 18.2. The van der Waals surface area contributed by atoms with Crippen LogP contribution in [0.25, 0.3) is 0 Å². The Kier molecular flexibility index (Phi) is 7.13. The van der Waals surface area contributed by atoms with Crippen molar-refractivity contribution in [2.45, 2.75) is 33.2 Å². The van der Waals surface area contributed by atoms with Gasteiger partial charge in [0.15, 0.2) is 0 Å². The van der Waals surface area contributed by atoms with Crippen LogP contribution >= 0.6 is 11.3 Å². The van der Waals surface area contributed by atoms with E-state index in [1.807, 2.05) is 22.3 Å². The number of hydrogen-bond acceptors (Lipinski definition) is 4. The van der Waals surface area contributed by atoms with Gasteiger partial charge in [-0.05, 0) is 41.0 Å².